The Kier molecular flexibility index (Phi) is 5.98. The van der Waals surface area contributed by atoms with E-state index in [2.05, 4.69) is 10.1 Å². The van der Waals surface area contributed by atoms with Gasteiger partial charge in [0.2, 0.25) is 11.7 Å². The molecule has 27 heavy (non-hydrogen) atoms. The minimum Gasteiger partial charge on any atom is -0.483 e. The Morgan fingerprint density at radius 3 is 2.56 bits per heavy atom. The number of benzene rings is 2. The molecule has 0 aliphatic heterocycles. The van der Waals surface area contributed by atoms with Gasteiger partial charge in [0, 0.05) is 22.7 Å². The summed E-state index contributed by atoms with van der Waals surface area (Å²) in [5.74, 6) is 1.17. The molecular formula is C19H17Cl2N3O3. The highest BCUT2D eigenvalue weighted by atomic mass is 35.5. The predicted molar refractivity (Wildman–Crippen MR) is 103 cm³/mol. The molecule has 0 bridgehead atoms. The highest BCUT2D eigenvalue weighted by Crippen LogP contribution is 2.22. The Hall–Kier alpha value is -2.57. The van der Waals surface area contributed by atoms with Crippen molar-refractivity contribution in [1.82, 2.24) is 15.0 Å². The van der Waals surface area contributed by atoms with Crippen molar-refractivity contribution >= 4 is 29.1 Å². The summed E-state index contributed by atoms with van der Waals surface area (Å²) in [6.07, 6.45) is 0. The van der Waals surface area contributed by atoms with Crippen LogP contribution in [-0.4, -0.2) is 34.6 Å². The van der Waals surface area contributed by atoms with Crippen molar-refractivity contribution in [1.29, 1.82) is 0 Å². The number of ether oxygens (including phenoxy) is 1. The summed E-state index contributed by atoms with van der Waals surface area (Å²) in [6, 6.07) is 12.3. The number of amides is 1. The zero-order chi connectivity index (χ0) is 19.4. The van der Waals surface area contributed by atoms with Crippen molar-refractivity contribution in [3.63, 3.8) is 0 Å². The summed E-state index contributed by atoms with van der Waals surface area (Å²) in [6.45, 7) is 1.95. The minimum absolute atomic E-state index is 0.100. The standard InChI is InChI=1S/C19H17Cl2N3O3/c1-12-9-15(21)7-8-16(12)26-11-18(25)24(2)10-17-22-19(23-27-17)13-3-5-14(20)6-4-13/h3-9H,10-11H2,1-2H3. The smallest absolute Gasteiger partial charge is 0.260 e. The van der Waals surface area contributed by atoms with E-state index in [1.807, 2.05) is 6.92 Å². The molecule has 0 saturated carbocycles. The first-order valence-corrected chi connectivity index (χ1v) is 8.89. The maximum Gasteiger partial charge on any atom is 0.260 e. The molecule has 1 aromatic heterocycles. The van der Waals surface area contributed by atoms with Gasteiger partial charge in [-0.05, 0) is 55.0 Å². The number of likely N-dealkylation sites (N-methyl/N-ethyl adjacent to an activating group) is 1. The minimum atomic E-state index is -0.212. The SMILES string of the molecule is Cc1cc(Cl)ccc1OCC(=O)N(C)Cc1nc(-c2ccc(Cl)cc2)no1. The van der Waals surface area contributed by atoms with Crippen LogP contribution >= 0.6 is 23.2 Å². The Morgan fingerprint density at radius 1 is 1.15 bits per heavy atom. The van der Waals surface area contributed by atoms with Crippen LogP contribution in [0.15, 0.2) is 47.0 Å². The van der Waals surface area contributed by atoms with E-state index in [-0.39, 0.29) is 19.1 Å². The summed E-state index contributed by atoms with van der Waals surface area (Å²) in [5.41, 5.74) is 1.65. The van der Waals surface area contributed by atoms with Crippen LogP contribution in [0.5, 0.6) is 5.75 Å². The van der Waals surface area contributed by atoms with Gasteiger partial charge in [0.25, 0.3) is 5.91 Å². The summed E-state index contributed by atoms with van der Waals surface area (Å²) in [5, 5.41) is 5.18. The lowest BCUT2D eigenvalue weighted by Crippen LogP contribution is -2.31. The average molecular weight is 406 g/mol. The van der Waals surface area contributed by atoms with Gasteiger partial charge in [0.05, 0.1) is 6.54 Å². The van der Waals surface area contributed by atoms with Crippen LogP contribution in [0.3, 0.4) is 0 Å². The van der Waals surface area contributed by atoms with Crippen molar-refractivity contribution < 1.29 is 14.1 Å². The Balaban J connectivity index is 1.57. The zero-order valence-corrected chi connectivity index (χ0v) is 16.3. The molecule has 1 amide bonds. The third-order valence-electron chi connectivity index (χ3n) is 3.86. The maximum absolute atomic E-state index is 12.3. The molecule has 0 fully saturated rings. The fourth-order valence-electron chi connectivity index (χ4n) is 2.35. The molecule has 0 N–H and O–H groups in total. The summed E-state index contributed by atoms with van der Waals surface area (Å²) in [4.78, 5) is 18.1. The number of aryl methyl sites for hydroxylation is 1. The van der Waals surface area contributed by atoms with Crippen molar-refractivity contribution in [3.8, 4) is 17.1 Å². The Labute approximate surface area is 166 Å². The second-order valence-corrected chi connectivity index (χ2v) is 6.84. The lowest BCUT2D eigenvalue weighted by Gasteiger charge is -2.16. The number of nitrogens with zero attached hydrogens (tertiary/aromatic N) is 3. The lowest BCUT2D eigenvalue weighted by molar-refractivity contribution is -0.132. The van der Waals surface area contributed by atoms with Gasteiger partial charge in [-0.3, -0.25) is 4.79 Å². The molecule has 0 spiro atoms. The van der Waals surface area contributed by atoms with Crippen LogP contribution in [0, 0.1) is 6.92 Å². The van der Waals surface area contributed by atoms with Crippen LogP contribution < -0.4 is 4.74 Å². The number of carbonyl (C=O) groups excluding carboxylic acids is 1. The summed E-state index contributed by atoms with van der Waals surface area (Å²) < 4.78 is 10.8. The van der Waals surface area contributed by atoms with Gasteiger partial charge >= 0.3 is 0 Å². The summed E-state index contributed by atoms with van der Waals surface area (Å²) >= 11 is 11.8. The van der Waals surface area contributed by atoms with Gasteiger partial charge < -0.3 is 14.2 Å². The van der Waals surface area contributed by atoms with Gasteiger partial charge in [-0.2, -0.15) is 4.98 Å². The van der Waals surface area contributed by atoms with E-state index in [4.69, 9.17) is 32.5 Å². The molecule has 6 nitrogen and oxygen atoms in total. The van der Waals surface area contributed by atoms with Gasteiger partial charge in [0.15, 0.2) is 6.61 Å². The largest absolute Gasteiger partial charge is 0.483 e. The molecule has 0 radical (unpaired) electrons. The highest BCUT2D eigenvalue weighted by molar-refractivity contribution is 6.30. The van der Waals surface area contributed by atoms with Gasteiger partial charge in [-0.15, -0.1) is 0 Å². The van der Waals surface area contributed by atoms with Crippen molar-refractivity contribution in [3.05, 3.63) is 64.0 Å². The number of aromatic nitrogens is 2. The zero-order valence-electron chi connectivity index (χ0n) is 14.8. The van der Waals surface area contributed by atoms with Crippen LogP contribution in [-0.2, 0) is 11.3 Å². The van der Waals surface area contributed by atoms with Crippen LogP contribution in [0.2, 0.25) is 10.0 Å². The van der Waals surface area contributed by atoms with E-state index in [1.54, 1.807) is 49.5 Å². The first-order chi connectivity index (χ1) is 12.9. The van der Waals surface area contributed by atoms with Crippen LogP contribution in [0.4, 0.5) is 0 Å². The molecule has 140 valence electrons. The van der Waals surface area contributed by atoms with Crippen molar-refractivity contribution in [2.75, 3.05) is 13.7 Å². The first kappa shape index (κ1) is 19.2. The van der Waals surface area contributed by atoms with Crippen molar-refractivity contribution in [2.45, 2.75) is 13.5 Å². The fourth-order valence-corrected chi connectivity index (χ4v) is 2.70. The molecular weight excluding hydrogens is 389 g/mol. The van der Waals surface area contributed by atoms with Crippen molar-refractivity contribution in [2.24, 2.45) is 0 Å². The van der Waals surface area contributed by atoms with Gasteiger partial charge in [-0.1, -0.05) is 28.4 Å². The molecule has 0 unspecified atom stereocenters. The normalized spacial score (nSPS) is 10.7. The molecule has 0 aliphatic carbocycles. The Bertz CT molecular complexity index is 942. The summed E-state index contributed by atoms with van der Waals surface area (Å²) in [7, 11) is 1.65. The molecule has 3 rings (SSSR count). The van der Waals surface area contributed by atoms with Crippen LogP contribution in [0.1, 0.15) is 11.5 Å². The second kappa shape index (κ2) is 8.41. The number of carbonyl (C=O) groups is 1. The fraction of sp³-hybridized carbons (Fsp3) is 0.211. The van der Waals surface area contributed by atoms with Gasteiger partial charge in [-0.25, -0.2) is 0 Å². The third kappa shape index (κ3) is 4.99. The molecule has 0 saturated heterocycles. The van der Waals surface area contributed by atoms with E-state index in [0.717, 1.165) is 11.1 Å². The number of rotatable bonds is 6. The molecule has 0 atom stereocenters. The van der Waals surface area contributed by atoms with E-state index >= 15 is 0 Å². The third-order valence-corrected chi connectivity index (χ3v) is 4.34. The molecule has 8 heteroatoms. The lowest BCUT2D eigenvalue weighted by atomic mass is 10.2. The topological polar surface area (TPSA) is 68.5 Å². The van der Waals surface area contributed by atoms with E-state index in [1.165, 1.54) is 4.90 Å². The van der Waals surface area contributed by atoms with Crippen LogP contribution in [0.25, 0.3) is 11.4 Å². The quantitative estimate of drug-likeness (QED) is 0.608. The monoisotopic (exact) mass is 405 g/mol. The first-order valence-electron chi connectivity index (χ1n) is 8.14. The number of hydrogen-bond donors (Lipinski definition) is 0. The molecule has 2 aromatic carbocycles. The molecule has 0 aliphatic rings. The highest BCUT2D eigenvalue weighted by Gasteiger charge is 2.15. The van der Waals surface area contributed by atoms with Gasteiger partial charge in [0.1, 0.15) is 5.75 Å². The number of hydrogen-bond acceptors (Lipinski definition) is 5. The predicted octanol–water partition coefficient (Wildman–Crippen LogP) is 4.39. The molecule has 1 heterocycles. The molecule has 3 aromatic rings. The van der Waals surface area contributed by atoms with E-state index < -0.39 is 0 Å². The van der Waals surface area contributed by atoms with E-state index in [9.17, 15) is 4.79 Å². The average Bonchev–Trinajstić information content (AvgIpc) is 3.09. The second-order valence-electron chi connectivity index (χ2n) is 5.97. The Morgan fingerprint density at radius 2 is 1.85 bits per heavy atom. The number of halogens is 2. The maximum atomic E-state index is 12.3. The van der Waals surface area contributed by atoms with E-state index in [0.29, 0.717) is 27.5 Å².